The van der Waals surface area contributed by atoms with Gasteiger partial charge in [0.15, 0.2) is 0 Å². The Morgan fingerprint density at radius 2 is 2.22 bits per heavy atom. The lowest BCUT2D eigenvalue weighted by atomic mass is 10.5. The molecule has 0 spiro atoms. The fraction of sp³-hybridized carbons (Fsp3) is 0.500. The third-order valence-electron chi connectivity index (χ3n) is 0.731. The molecular weight excluding hydrogens is 134 g/mol. The molecule has 0 aliphatic carbocycles. The van der Waals surface area contributed by atoms with E-state index in [0.29, 0.717) is 0 Å². The fourth-order valence-corrected chi connectivity index (χ4v) is 0.470. The second-order valence-electron chi connectivity index (χ2n) is 2.00. The molecule has 0 N–H and O–H groups in total. The molecule has 0 aromatic carbocycles. The summed E-state index contributed by atoms with van der Waals surface area (Å²) >= 11 is 3.56. The van der Waals surface area contributed by atoms with Gasteiger partial charge in [-0.05, 0) is 20.2 Å². The first kappa shape index (κ1) is 8.72. The summed E-state index contributed by atoms with van der Waals surface area (Å²) in [5, 5.41) is -0.197. The number of rotatable bonds is 3. The second-order valence-corrected chi connectivity index (χ2v) is 2.44. The standard InChI is InChI=1S/C6H11NOS/c1-7(2)5-3-4-6(8)9/h3-4H,5H2,1-2H3,(H,8,9)/b4-3+. The predicted octanol–water partition coefficient (Wildman–Crippen LogP) is 0.561. The van der Waals surface area contributed by atoms with Crippen LogP contribution in [-0.4, -0.2) is 30.7 Å². The molecule has 0 aliphatic rings. The number of thiol groups is 1. The number of hydrogen-bond acceptors (Lipinski definition) is 2. The van der Waals surface area contributed by atoms with E-state index in [-0.39, 0.29) is 5.12 Å². The Balaban J connectivity index is 3.36. The molecule has 0 heterocycles. The first-order valence-electron chi connectivity index (χ1n) is 2.67. The van der Waals surface area contributed by atoms with Gasteiger partial charge in [0.05, 0.1) is 0 Å². The smallest absolute Gasteiger partial charge is 0.208 e. The Morgan fingerprint density at radius 3 is 2.56 bits per heavy atom. The molecule has 0 amide bonds. The van der Waals surface area contributed by atoms with Crippen LogP contribution in [0.4, 0.5) is 0 Å². The molecule has 52 valence electrons. The van der Waals surface area contributed by atoms with Crippen molar-refractivity contribution in [2.24, 2.45) is 0 Å². The van der Waals surface area contributed by atoms with Gasteiger partial charge in [0, 0.05) is 6.54 Å². The summed E-state index contributed by atoms with van der Waals surface area (Å²) in [6.45, 7) is 0.784. The molecule has 0 aliphatic heterocycles. The van der Waals surface area contributed by atoms with Gasteiger partial charge in [-0.2, -0.15) is 0 Å². The molecule has 0 atom stereocenters. The van der Waals surface area contributed by atoms with Crippen LogP contribution in [0.5, 0.6) is 0 Å². The molecule has 0 fully saturated rings. The highest BCUT2D eigenvalue weighted by Crippen LogP contribution is 1.82. The molecule has 0 saturated heterocycles. The lowest BCUT2D eigenvalue weighted by Crippen LogP contribution is -2.10. The van der Waals surface area contributed by atoms with Crippen LogP contribution in [0.1, 0.15) is 0 Å². The molecule has 3 heteroatoms. The highest BCUT2D eigenvalue weighted by Gasteiger charge is 1.83. The van der Waals surface area contributed by atoms with Crippen molar-refractivity contribution in [1.29, 1.82) is 0 Å². The van der Waals surface area contributed by atoms with Gasteiger partial charge < -0.3 is 4.90 Å². The number of nitrogens with zero attached hydrogens (tertiary/aromatic N) is 1. The molecule has 9 heavy (non-hydrogen) atoms. The lowest BCUT2D eigenvalue weighted by molar-refractivity contribution is -0.106. The first-order chi connectivity index (χ1) is 4.13. The zero-order valence-corrected chi connectivity index (χ0v) is 6.56. The van der Waals surface area contributed by atoms with E-state index in [1.165, 1.54) is 6.08 Å². The number of carbonyl (C=O) groups is 1. The Hall–Kier alpha value is -0.280. The summed E-state index contributed by atoms with van der Waals surface area (Å²) in [5.41, 5.74) is 0. The van der Waals surface area contributed by atoms with Crippen LogP contribution in [0.25, 0.3) is 0 Å². The van der Waals surface area contributed by atoms with Crippen LogP contribution in [0.15, 0.2) is 12.2 Å². The zero-order valence-electron chi connectivity index (χ0n) is 5.66. The van der Waals surface area contributed by atoms with Crippen LogP contribution in [0, 0.1) is 0 Å². The minimum atomic E-state index is -0.197. The van der Waals surface area contributed by atoms with Crippen molar-refractivity contribution in [3.8, 4) is 0 Å². The van der Waals surface area contributed by atoms with Gasteiger partial charge >= 0.3 is 0 Å². The maximum Gasteiger partial charge on any atom is 0.208 e. The van der Waals surface area contributed by atoms with Crippen molar-refractivity contribution in [1.82, 2.24) is 4.90 Å². The predicted molar refractivity (Wildman–Crippen MR) is 41.7 cm³/mol. The fourth-order valence-electron chi connectivity index (χ4n) is 0.364. The number of carbonyl (C=O) groups excluding carboxylic acids is 1. The summed E-state index contributed by atoms with van der Waals surface area (Å²) in [5.74, 6) is 0. The van der Waals surface area contributed by atoms with E-state index in [1.807, 2.05) is 19.0 Å². The minimum absolute atomic E-state index is 0.197. The third-order valence-corrected chi connectivity index (χ3v) is 0.880. The highest BCUT2D eigenvalue weighted by molar-refractivity contribution is 7.97. The number of hydrogen-bond donors (Lipinski definition) is 1. The van der Waals surface area contributed by atoms with Crippen molar-refractivity contribution in [3.05, 3.63) is 12.2 Å². The summed E-state index contributed by atoms with van der Waals surface area (Å²) in [7, 11) is 3.88. The van der Waals surface area contributed by atoms with E-state index in [2.05, 4.69) is 12.6 Å². The summed E-state index contributed by atoms with van der Waals surface area (Å²) in [6, 6.07) is 0. The van der Waals surface area contributed by atoms with Gasteiger partial charge in [0.2, 0.25) is 5.12 Å². The molecule has 0 aromatic rings. The van der Waals surface area contributed by atoms with E-state index >= 15 is 0 Å². The minimum Gasteiger partial charge on any atom is -0.306 e. The van der Waals surface area contributed by atoms with Crippen molar-refractivity contribution < 1.29 is 4.79 Å². The Kier molecular flexibility index (Phi) is 4.44. The van der Waals surface area contributed by atoms with Crippen molar-refractivity contribution >= 4 is 17.7 Å². The lowest BCUT2D eigenvalue weighted by Gasteiger charge is -2.02. The molecule has 2 nitrogen and oxygen atoms in total. The van der Waals surface area contributed by atoms with Gasteiger partial charge in [-0.15, -0.1) is 12.6 Å². The topological polar surface area (TPSA) is 20.3 Å². The summed E-state index contributed by atoms with van der Waals surface area (Å²) in [4.78, 5) is 12.1. The largest absolute Gasteiger partial charge is 0.306 e. The van der Waals surface area contributed by atoms with Crippen LogP contribution in [0.2, 0.25) is 0 Å². The van der Waals surface area contributed by atoms with Gasteiger partial charge in [-0.25, -0.2) is 0 Å². The normalized spacial score (nSPS) is 11.1. The molecule has 0 aromatic heterocycles. The van der Waals surface area contributed by atoms with Crippen LogP contribution in [-0.2, 0) is 4.79 Å². The maximum atomic E-state index is 10.2. The quantitative estimate of drug-likeness (QED) is 0.462. The van der Waals surface area contributed by atoms with E-state index in [9.17, 15) is 4.79 Å². The van der Waals surface area contributed by atoms with E-state index in [4.69, 9.17) is 0 Å². The molecule has 0 radical (unpaired) electrons. The number of likely N-dealkylation sites (N-methyl/N-ethyl adjacent to an activating group) is 1. The van der Waals surface area contributed by atoms with Crippen molar-refractivity contribution in [2.75, 3.05) is 20.6 Å². The van der Waals surface area contributed by atoms with Crippen LogP contribution in [0.3, 0.4) is 0 Å². The Bertz CT molecular complexity index is 120. The van der Waals surface area contributed by atoms with Crippen molar-refractivity contribution in [2.45, 2.75) is 0 Å². The average Bonchev–Trinajstić information content (AvgIpc) is 1.63. The van der Waals surface area contributed by atoms with Gasteiger partial charge in [-0.3, -0.25) is 4.79 Å². The third kappa shape index (κ3) is 7.72. The average molecular weight is 145 g/mol. The van der Waals surface area contributed by atoms with E-state index < -0.39 is 0 Å². The molecule has 0 saturated carbocycles. The molecular formula is C6H11NOS. The van der Waals surface area contributed by atoms with Crippen LogP contribution >= 0.6 is 12.6 Å². The van der Waals surface area contributed by atoms with Crippen molar-refractivity contribution in [3.63, 3.8) is 0 Å². The Morgan fingerprint density at radius 1 is 1.67 bits per heavy atom. The summed E-state index contributed by atoms with van der Waals surface area (Å²) in [6.07, 6.45) is 3.22. The maximum absolute atomic E-state index is 10.2. The molecule has 0 unspecified atom stereocenters. The van der Waals surface area contributed by atoms with E-state index in [1.54, 1.807) is 6.08 Å². The second kappa shape index (κ2) is 4.58. The monoisotopic (exact) mass is 145 g/mol. The first-order valence-corrected chi connectivity index (χ1v) is 3.12. The molecule has 0 rings (SSSR count). The zero-order chi connectivity index (χ0) is 7.28. The van der Waals surface area contributed by atoms with Crippen LogP contribution < -0.4 is 0 Å². The molecule has 0 bridgehead atoms. The summed E-state index contributed by atoms with van der Waals surface area (Å²) < 4.78 is 0. The van der Waals surface area contributed by atoms with Gasteiger partial charge in [-0.1, -0.05) is 6.08 Å². The SMILES string of the molecule is CN(C)C/C=C/C(=O)S. The highest BCUT2D eigenvalue weighted by atomic mass is 32.1. The van der Waals surface area contributed by atoms with Gasteiger partial charge in [0.1, 0.15) is 0 Å². The van der Waals surface area contributed by atoms with E-state index in [0.717, 1.165) is 6.54 Å². The van der Waals surface area contributed by atoms with Gasteiger partial charge in [0.25, 0.3) is 0 Å². The Labute approximate surface area is 61.0 Å².